The van der Waals surface area contributed by atoms with Gasteiger partial charge in [-0.2, -0.15) is 0 Å². The molecule has 0 saturated carbocycles. The van der Waals surface area contributed by atoms with Gasteiger partial charge in [-0.05, 0) is 0 Å². The second-order valence-corrected chi connectivity index (χ2v) is 1.60. The first-order valence-electron chi connectivity index (χ1n) is 1.27. The van der Waals surface area contributed by atoms with Crippen LogP contribution in [0.2, 0.25) is 0 Å². The largest absolute Gasteiger partial charge is 0.272 e. The monoisotopic (exact) mass is 203 g/mol. The number of hydrogen-bond acceptors (Lipinski definition) is 1. The van der Waals surface area contributed by atoms with Crippen LogP contribution in [0.1, 0.15) is 6.92 Å². The molecule has 0 aliphatic carbocycles. The lowest BCUT2D eigenvalue weighted by Crippen LogP contribution is -2.03. The van der Waals surface area contributed by atoms with E-state index in [1.807, 2.05) is 0 Å². The molecule has 0 aliphatic heterocycles. The van der Waals surface area contributed by atoms with Crippen LogP contribution in [0.25, 0.3) is 0 Å². The molecule has 0 aromatic carbocycles. The van der Waals surface area contributed by atoms with Crippen LogP contribution in [0.15, 0.2) is 0 Å². The molecule has 36 valence electrons. The van der Waals surface area contributed by atoms with Crippen LogP contribution >= 0.6 is 22.9 Å². The molecule has 0 saturated heterocycles. The van der Waals surface area contributed by atoms with Crippen LogP contribution in [0.4, 0.5) is 4.48 Å². The average Bonchev–Trinajstić information content (AvgIpc) is 1.36. The third kappa shape index (κ3) is 2.37. The van der Waals surface area contributed by atoms with E-state index in [1.165, 1.54) is 22.9 Å². The molecule has 0 aromatic rings. The first kappa shape index (κ1) is 6.13. The van der Waals surface area contributed by atoms with Crippen LogP contribution < -0.4 is 0 Å². The van der Waals surface area contributed by atoms with Gasteiger partial charge >= 0.3 is 0 Å². The number of carbonyl (C=O) groups is 1. The minimum Gasteiger partial charge on any atom is -0.272 e. The van der Waals surface area contributed by atoms with E-state index in [4.69, 9.17) is 0 Å². The molecule has 0 heterocycles. The third-order valence-electron chi connectivity index (χ3n) is 0.238. The summed E-state index contributed by atoms with van der Waals surface area (Å²) in [6.45, 7) is 1.15. The summed E-state index contributed by atoms with van der Waals surface area (Å²) < 4.78 is 11.3. The van der Waals surface area contributed by atoms with E-state index in [9.17, 15) is 9.28 Å². The zero-order valence-corrected chi connectivity index (χ0v) is 5.27. The fourth-order valence-corrected chi connectivity index (χ4v) is 0. The molecule has 0 unspecified atom stereocenters. The summed E-state index contributed by atoms with van der Waals surface area (Å²) in [4.78, 5) is 9.69. The summed E-state index contributed by atoms with van der Waals surface area (Å²) in [5, 5.41) is 0. The number of hydrogen-bond donors (Lipinski definition) is 0. The molecule has 0 aliphatic rings. The highest BCUT2D eigenvalue weighted by atomic mass is 127. The Morgan fingerprint density at radius 2 is 2.17 bits per heavy atom. The number of carbonyl (C=O) groups excluding carboxylic acids is 1. The summed E-state index contributed by atoms with van der Waals surface area (Å²) in [5.41, 5.74) is 0. The molecule has 0 fully saturated rings. The molecule has 1 amide bonds. The minimum atomic E-state index is -0.587. The number of halogens is 2. The Bertz CT molecular complexity index is 64.6. The molecular weight excluding hydrogens is 200 g/mol. The van der Waals surface area contributed by atoms with Crippen molar-refractivity contribution in [2.45, 2.75) is 6.92 Å². The van der Waals surface area contributed by atoms with E-state index in [1.54, 1.807) is 0 Å². The number of rotatable bonds is 0. The van der Waals surface area contributed by atoms with Crippen molar-refractivity contribution in [3.63, 3.8) is 0 Å². The Balaban J connectivity index is 3.26. The van der Waals surface area contributed by atoms with Gasteiger partial charge in [0.2, 0.25) is 0 Å². The van der Waals surface area contributed by atoms with E-state index in [0.717, 1.165) is 6.92 Å². The highest BCUT2D eigenvalue weighted by molar-refractivity contribution is 14.1. The lowest BCUT2D eigenvalue weighted by atomic mass is 10.8. The molecule has 0 aromatic heterocycles. The van der Waals surface area contributed by atoms with Gasteiger partial charge < -0.3 is 0 Å². The van der Waals surface area contributed by atoms with Crippen molar-refractivity contribution in [2.75, 3.05) is 0 Å². The summed E-state index contributed by atoms with van der Waals surface area (Å²) in [5.74, 6) is -0.587. The van der Waals surface area contributed by atoms with E-state index in [2.05, 4.69) is 0 Å². The molecule has 0 radical (unpaired) electrons. The quantitative estimate of drug-likeness (QED) is 0.425. The Morgan fingerprint density at radius 1 is 2.00 bits per heavy atom. The predicted octanol–water partition coefficient (Wildman–Crippen LogP) is 1.07. The van der Waals surface area contributed by atoms with Crippen LogP contribution in [0.3, 0.4) is 0 Å². The first-order chi connectivity index (χ1) is 2.64. The molecular formula is C2H3FINO. The second kappa shape index (κ2) is 2.33. The summed E-state index contributed by atoms with van der Waals surface area (Å²) in [6, 6.07) is 0. The molecule has 6 heavy (non-hydrogen) atoms. The first-order valence-corrected chi connectivity index (χ1v) is 2.23. The molecule has 0 rings (SSSR count). The van der Waals surface area contributed by atoms with Gasteiger partial charge in [0.15, 0.2) is 0 Å². The van der Waals surface area contributed by atoms with Gasteiger partial charge in [0.05, 0.1) is 0 Å². The lowest BCUT2D eigenvalue weighted by Gasteiger charge is -1.91. The highest BCUT2D eigenvalue weighted by Crippen LogP contribution is 1.96. The Morgan fingerprint density at radius 3 is 2.17 bits per heavy atom. The maximum Gasteiger partial charge on any atom is 0.256 e. The summed E-state index contributed by atoms with van der Waals surface area (Å²) in [6.07, 6.45) is 0. The second-order valence-electron chi connectivity index (χ2n) is 0.752. The van der Waals surface area contributed by atoms with E-state index in [0.29, 0.717) is 0 Å². The normalized spacial score (nSPS) is 7.83. The van der Waals surface area contributed by atoms with Crippen molar-refractivity contribution in [1.29, 1.82) is 0 Å². The van der Waals surface area contributed by atoms with Crippen molar-refractivity contribution in [1.82, 2.24) is 3.34 Å². The van der Waals surface area contributed by atoms with E-state index in [-0.39, 0.29) is 3.34 Å². The maximum atomic E-state index is 11.3. The average molecular weight is 203 g/mol. The van der Waals surface area contributed by atoms with Crippen LogP contribution in [0, 0.1) is 0 Å². The fraction of sp³-hybridized carbons (Fsp3) is 0.500. The molecule has 0 bridgehead atoms. The van der Waals surface area contributed by atoms with Crippen molar-refractivity contribution < 1.29 is 9.28 Å². The topological polar surface area (TPSA) is 20.3 Å². The van der Waals surface area contributed by atoms with Crippen molar-refractivity contribution in [2.24, 2.45) is 0 Å². The molecule has 0 atom stereocenters. The Kier molecular flexibility index (Phi) is 2.38. The zero-order valence-electron chi connectivity index (χ0n) is 3.11. The SMILES string of the molecule is CC(=O)N(F)I. The van der Waals surface area contributed by atoms with E-state index >= 15 is 0 Å². The minimum absolute atomic E-state index is 0.00222. The van der Waals surface area contributed by atoms with Gasteiger partial charge in [-0.1, -0.05) is 4.48 Å². The van der Waals surface area contributed by atoms with Crippen molar-refractivity contribution in [3.05, 3.63) is 0 Å². The summed E-state index contributed by atoms with van der Waals surface area (Å²) in [7, 11) is 0. The predicted molar refractivity (Wildman–Crippen MR) is 27.6 cm³/mol. The molecule has 2 nitrogen and oxygen atoms in total. The van der Waals surface area contributed by atoms with Crippen molar-refractivity contribution >= 4 is 28.8 Å². The number of amides is 1. The zero-order chi connectivity index (χ0) is 5.15. The molecule has 4 heteroatoms. The molecule has 0 N–H and O–H groups in total. The van der Waals surface area contributed by atoms with Gasteiger partial charge in [-0.15, -0.1) is 3.34 Å². The highest BCUT2D eigenvalue weighted by Gasteiger charge is 1.96. The summed E-state index contributed by atoms with van der Waals surface area (Å²) >= 11 is 1.25. The molecule has 0 spiro atoms. The van der Waals surface area contributed by atoms with Crippen LogP contribution in [-0.4, -0.2) is 9.24 Å². The van der Waals surface area contributed by atoms with E-state index < -0.39 is 5.91 Å². The van der Waals surface area contributed by atoms with Gasteiger partial charge in [-0.25, -0.2) is 0 Å². The number of nitrogens with zero attached hydrogens (tertiary/aromatic N) is 1. The smallest absolute Gasteiger partial charge is 0.256 e. The van der Waals surface area contributed by atoms with Crippen LogP contribution in [0.5, 0.6) is 0 Å². The van der Waals surface area contributed by atoms with Gasteiger partial charge in [0.1, 0.15) is 22.9 Å². The maximum absolute atomic E-state index is 11.3. The standard InChI is InChI=1S/C2H3FINO/c1-2(6)5(3)4/h1H3. The van der Waals surface area contributed by atoms with Gasteiger partial charge in [-0.3, -0.25) is 4.79 Å². The Labute approximate surface area is 48.7 Å². The Hall–Kier alpha value is 0.130. The lowest BCUT2D eigenvalue weighted by molar-refractivity contribution is -0.130. The third-order valence-corrected chi connectivity index (χ3v) is 0.917. The fourth-order valence-electron chi connectivity index (χ4n) is 0. The van der Waals surface area contributed by atoms with Crippen molar-refractivity contribution in [3.8, 4) is 0 Å². The van der Waals surface area contributed by atoms with Gasteiger partial charge in [0.25, 0.3) is 5.91 Å². The van der Waals surface area contributed by atoms with Crippen LogP contribution in [-0.2, 0) is 4.79 Å². The van der Waals surface area contributed by atoms with Gasteiger partial charge in [0, 0.05) is 6.92 Å².